The van der Waals surface area contributed by atoms with Crippen molar-refractivity contribution in [3.8, 4) is 0 Å². The van der Waals surface area contributed by atoms with Crippen LogP contribution in [0, 0.1) is 0 Å². The molecule has 85 valence electrons. The fraction of sp³-hybridized carbons (Fsp3) is 0. The Labute approximate surface area is 116 Å². The number of benzene rings is 1. The molecule has 9 heteroatoms. The fourth-order valence-corrected chi connectivity index (χ4v) is 0.385. The predicted octanol–water partition coefficient (Wildman–Crippen LogP) is -0.811. The maximum atomic E-state index is 9.31. The molecule has 0 aliphatic carbocycles. The van der Waals surface area contributed by atoms with E-state index in [2.05, 4.69) is 11.8 Å². The number of rotatable bonds is 1. The van der Waals surface area contributed by atoms with Crippen molar-refractivity contribution in [3.63, 3.8) is 0 Å². The van der Waals surface area contributed by atoms with Crippen LogP contribution in [0.4, 0.5) is 0 Å². The van der Waals surface area contributed by atoms with Crippen molar-refractivity contribution in [2.75, 3.05) is 0 Å². The number of hydrogen-bond donors (Lipinski definition) is 2. The molecule has 15 heavy (non-hydrogen) atoms. The second-order valence-corrected chi connectivity index (χ2v) is 3.27. The molecule has 0 aliphatic heterocycles. The Morgan fingerprint density at radius 2 is 1.07 bits per heavy atom. The minimum Gasteiger partial charge on any atom is -0.412 e. The van der Waals surface area contributed by atoms with Crippen molar-refractivity contribution < 1.29 is 23.9 Å². The third-order valence-corrected chi connectivity index (χ3v) is 1.54. The summed E-state index contributed by atoms with van der Waals surface area (Å²) in [6.45, 7) is 0. The smallest absolute Gasteiger partial charge is 0.346 e. The molecule has 0 bridgehead atoms. The number of halogens is 1. The van der Waals surface area contributed by atoms with Gasteiger partial charge in [0.05, 0.1) is 0 Å². The summed E-state index contributed by atoms with van der Waals surface area (Å²) in [5, 5.41) is 0. The molecule has 6 nitrogen and oxygen atoms in total. The van der Waals surface area contributed by atoms with Gasteiger partial charge in [0, 0.05) is 29.6 Å². The second-order valence-electron chi connectivity index (χ2n) is 1.71. The molecule has 1 aromatic rings. The van der Waals surface area contributed by atoms with E-state index in [-0.39, 0.29) is 40.5 Å². The predicted molar refractivity (Wildman–Crippen MR) is 60.0 cm³/mol. The zero-order valence-electron chi connectivity index (χ0n) is 8.01. The molecule has 0 aromatic heterocycles. The summed E-state index contributed by atoms with van der Waals surface area (Å²) < 4.78 is 27.3. The second kappa shape index (κ2) is 14.3. The topological polar surface area (TPSA) is 129 Å². The molecule has 0 fully saturated rings. The molecule has 0 amide bonds. The number of nitrogens with one attached hydrogen (secondary N) is 1. The van der Waals surface area contributed by atoms with Crippen LogP contribution >= 0.6 is 11.8 Å². The molecule has 0 saturated carbocycles. The Bertz CT molecular complexity index is 269. The van der Waals surface area contributed by atoms with Crippen molar-refractivity contribution in [2.45, 2.75) is 0 Å². The van der Waals surface area contributed by atoms with E-state index < -0.39 is 10.3 Å². The van der Waals surface area contributed by atoms with Gasteiger partial charge in [0.25, 0.3) is 0 Å². The Balaban J connectivity index is -0.0000000672. The Morgan fingerprint density at radius 3 is 1.13 bits per heavy atom. The number of hydrogen-bond acceptors (Lipinski definition) is 2. The van der Waals surface area contributed by atoms with Gasteiger partial charge in [0.15, 0.2) is 0 Å². The monoisotopic (exact) mass is 268 g/mol. The van der Waals surface area contributed by atoms with Crippen molar-refractivity contribution in [3.05, 3.63) is 36.4 Å². The fourth-order valence-electron chi connectivity index (χ4n) is 0.385. The SMILES string of the molecule is O.O.O=S(=O)(O)NCl.[Na].c1ccccc1. The van der Waals surface area contributed by atoms with E-state index in [0.717, 1.165) is 4.24 Å². The molecule has 0 unspecified atom stereocenters. The van der Waals surface area contributed by atoms with E-state index in [0.29, 0.717) is 0 Å². The molecule has 1 rings (SSSR count). The van der Waals surface area contributed by atoms with Crippen molar-refractivity contribution in [2.24, 2.45) is 0 Å². The van der Waals surface area contributed by atoms with Gasteiger partial charge in [0.2, 0.25) is 0 Å². The molecule has 0 saturated heterocycles. The summed E-state index contributed by atoms with van der Waals surface area (Å²) in [4.78, 5) is 0. The third-order valence-electron chi connectivity index (χ3n) is 0.764. The zero-order chi connectivity index (χ0) is 9.45. The van der Waals surface area contributed by atoms with Crippen LogP contribution in [0.1, 0.15) is 0 Å². The molecule has 1 radical (unpaired) electrons. The van der Waals surface area contributed by atoms with Gasteiger partial charge in [-0.1, -0.05) is 36.4 Å². The molecule has 0 heterocycles. The summed E-state index contributed by atoms with van der Waals surface area (Å²) in [6.07, 6.45) is 0. The normalized spacial score (nSPS) is 7.87. The van der Waals surface area contributed by atoms with Crippen molar-refractivity contribution >= 4 is 51.6 Å². The summed E-state index contributed by atoms with van der Waals surface area (Å²) in [5.74, 6) is 0. The molecular formula is C6H12ClNNaO5S. The van der Waals surface area contributed by atoms with E-state index >= 15 is 0 Å². The zero-order valence-corrected chi connectivity index (χ0v) is 11.6. The minimum absolute atomic E-state index is 0. The van der Waals surface area contributed by atoms with Crippen LogP contribution in [0.3, 0.4) is 0 Å². The van der Waals surface area contributed by atoms with Crippen LogP contribution in [-0.4, -0.2) is 53.5 Å². The first-order valence-electron chi connectivity index (χ1n) is 2.91. The standard InChI is InChI=1S/C6H6.ClH2NO3S.Na.2H2O/c1-2-4-6-5-3-1;1-2-6(3,4)5;;;/h1-6H;2H,(H,3,4,5);;2*1H2. The van der Waals surface area contributed by atoms with Gasteiger partial charge in [-0.3, -0.25) is 4.55 Å². The van der Waals surface area contributed by atoms with Crippen LogP contribution in [0.15, 0.2) is 36.4 Å². The third kappa shape index (κ3) is 25.0. The van der Waals surface area contributed by atoms with E-state index in [9.17, 15) is 8.42 Å². The summed E-state index contributed by atoms with van der Waals surface area (Å²) in [6, 6.07) is 12.0. The van der Waals surface area contributed by atoms with Gasteiger partial charge >= 0.3 is 10.3 Å². The molecule has 0 atom stereocenters. The largest absolute Gasteiger partial charge is 0.412 e. The van der Waals surface area contributed by atoms with Gasteiger partial charge in [-0.05, 0) is 11.8 Å². The molecule has 0 aliphatic rings. The van der Waals surface area contributed by atoms with Crippen LogP contribution in [0.2, 0.25) is 0 Å². The van der Waals surface area contributed by atoms with Gasteiger partial charge in [0.1, 0.15) is 0 Å². The van der Waals surface area contributed by atoms with E-state index in [1.54, 1.807) is 0 Å². The quantitative estimate of drug-likeness (QED) is 0.392. The first kappa shape index (κ1) is 24.5. The van der Waals surface area contributed by atoms with E-state index in [4.69, 9.17) is 4.55 Å². The Kier molecular flexibility index (Phi) is 23.4. The van der Waals surface area contributed by atoms with E-state index in [1.807, 2.05) is 36.4 Å². The Morgan fingerprint density at radius 1 is 0.933 bits per heavy atom. The first-order valence-corrected chi connectivity index (χ1v) is 4.73. The van der Waals surface area contributed by atoms with E-state index in [1.165, 1.54) is 0 Å². The maximum Gasteiger partial charge on any atom is 0.346 e. The van der Waals surface area contributed by atoms with Crippen LogP contribution in [0.5, 0.6) is 0 Å². The van der Waals surface area contributed by atoms with Gasteiger partial charge in [-0.15, -0.1) is 4.24 Å². The van der Waals surface area contributed by atoms with Gasteiger partial charge in [-0.2, -0.15) is 8.42 Å². The summed E-state index contributed by atoms with van der Waals surface area (Å²) in [7, 11) is -4.15. The molecule has 0 spiro atoms. The maximum absolute atomic E-state index is 9.31. The van der Waals surface area contributed by atoms with Crippen LogP contribution in [-0.2, 0) is 10.3 Å². The van der Waals surface area contributed by atoms with Gasteiger partial charge < -0.3 is 11.0 Å². The molecule has 6 N–H and O–H groups in total. The van der Waals surface area contributed by atoms with Crippen LogP contribution in [0.25, 0.3) is 0 Å². The average molecular weight is 269 g/mol. The van der Waals surface area contributed by atoms with Crippen LogP contribution < -0.4 is 4.24 Å². The van der Waals surface area contributed by atoms with Gasteiger partial charge in [-0.25, -0.2) is 0 Å². The molecular weight excluding hydrogens is 257 g/mol. The molecule has 1 aromatic carbocycles. The summed E-state index contributed by atoms with van der Waals surface area (Å²) >= 11 is 4.39. The average Bonchev–Trinajstić information content (AvgIpc) is 2.07. The van der Waals surface area contributed by atoms with Crippen molar-refractivity contribution in [1.82, 2.24) is 4.24 Å². The minimum atomic E-state index is -4.15. The Hall–Kier alpha value is 0.300. The first-order chi connectivity index (χ1) is 5.56. The van der Waals surface area contributed by atoms with Crippen molar-refractivity contribution in [1.29, 1.82) is 0 Å². The summed E-state index contributed by atoms with van der Waals surface area (Å²) in [5.41, 5.74) is 0.